The SMILES string of the molecule is CC(C)C(CNC(=O)N1CCCCCCC1)C(=O)O. The van der Waals surface area contributed by atoms with Gasteiger partial charge in [-0.1, -0.05) is 33.1 Å². The second-order valence-electron chi connectivity index (χ2n) is 5.63. The highest BCUT2D eigenvalue weighted by atomic mass is 16.4. The van der Waals surface area contributed by atoms with Crippen molar-refractivity contribution >= 4 is 12.0 Å². The highest BCUT2D eigenvalue weighted by molar-refractivity contribution is 5.76. The van der Waals surface area contributed by atoms with Crippen molar-refractivity contribution in [3.63, 3.8) is 0 Å². The van der Waals surface area contributed by atoms with Gasteiger partial charge in [-0.15, -0.1) is 0 Å². The fraction of sp³-hybridized carbons (Fsp3) is 0.857. The van der Waals surface area contributed by atoms with Gasteiger partial charge in [0, 0.05) is 19.6 Å². The number of carboxylic acids is 1. The van der Waals surface area contributed by atoms with E-state index < -0.39 is 11.9 Å². The lowest BCUT2D eigenvalue weighted by atomic mass is 9.96. The van der Waals surface area contributed by atoms with E-state index in [0.29, 0.717) is 0 Å². The smallest absolute Gasteiger partial charge is 0.317 e. The Bertz CT molecular complexity index is 297. The zero-order chi connectivity index (χ0) is 14.3. The first-order valence-corrected chi connectivity index (χ1v) is 7.28. The van der Waals surface area contributed by atoms with E-state index in [2.05, 4.69) is 5.32 Å². The summed E-state index contributed by atoms with van der Waals surface area (Å²) in [5, 5.41) is 11.9. The summed E-state index contributed by atoms with van der Waals surface area (Å²) >= 11 is 0. The first-order valence-electron chi connectivity index (χ1n) is 7.28. The van der Waals surface area contributed by atoms with Gasteiger partial charge in [-0.3, -0.25) is 4.79 Å². The molecular weight excluding hydrogens is 244 g/mol. The Kier molecular flexibility index (Phi) is 6.67. The molecule has 0 radical (unpaired) electrons. The van der Waals surface area contributed by atoms with Crippen molar-refractivity contribution < 1.29 is 14.7 Å². The minimum atomic E-state index is -0.844. The van der Waals surface area contributed by atoms with E-state index in [-0.39, 0.29) is 18.5 Å². The van der Waals surface area contributed by atoms with Crippen LogP contribution in [0.4, 0.5) is 4.79 Å². The number of carbonyl (C=O) groups is 2. The van der Waals surface area contributed by atoms with Crippen LogP contribution in [-0.4, -0.2) is 41.6 Å². The van der Waals surface area contributed by atoms with Crippen molar-refractivity contribution in [3.05, 3.63) is 0 Å². The Morgan fingerprint density at radius 1 is 1.11 bits per heavy atom. The molecule has 0 aromatic rings. The van der Waals surface area contributed by atoms with Gasteiger partial charge in [0.25, 0.3) is 0 Å². The lowest BCUT2D eigenvalue weighted by molar-refractivity contribution is -0.142. The summed E-state index contributed by atoms with van der Waals surface area (Å²) in [5.74, 6) is -1.34. The Morgan fingerprint density at radius 2 is 1.63 bits per heavy atom. The van der Waals surface area contributed by atoms with E-state index in [1.165, 1.54) is 19.3 Å². The second kappa shape index (κ2) is 8.02. The molecule has 1 unspecified atom stereocenters. The van der Waals surface area contributed by atoms with E-state index in [0.717, 1.165) is 25.9 Å². The first kappa shape index (κ1) is 15.8. The quantitative estimate of drug-likeness (QED) is 0.823. The zero-order valence-corrected chi connectivity index (χ0v) is 12.0. The standard InChI is InChI=1S/C14H26N2O3/c1-11(2)12(13(17)18)10-15-14(19)16-8-6-4-3-5-7-9-16/h11-12H,3-10H2,1-2H3,(H,15,19)(H,17,18). The average Bonchev–Trinajstić information content (AvgIpc) is 2.27. The van der Waals surface area contributed by atoms with Crippen LogP contribution in [0.3, 0.4) is 0 Å². The van der Waals surface area contributed by atoms with Crippen LogP contribution >= 0.6 is 0 Å². The van der Waals surface area contributed by atoms with Crippen LogP contribution in [-0.2, 0) is 4.79 Å². The Balaban J connectivity index is 2.41. The first-order chi connectivity index (χ1) is 9.02. The molecule has 1 aliphatic rings. The summed E-state index contributed by atoms with van der Waals surface area (Å²) in [6.07, 6.45) is 5.69. The number of likely N-dealkylation sites (tertiary alicyclic amines) is 1. The minimum absolute atomic E-state index is 0.0186. The molecule has 0 aliphatic carbocycles. The molecule has 2 amide bonds. The predicted molar refractivity (Wildman–Crippen MR) is 74.0 cm³/mol. The number of urea groups is 1. The van der Waals surface area contributed by atoms with Crippen molar-refractivity contribution in [2.75, 3.05) is 19.6 Å². The van der Waals surface area contributed by atoms with Gasteiger partial charge < -0.3 is 15.3 Å². The van der Waals surface area contributed by atoms with E-state index in [1.54, 1.807) is 0 Å². The van der Waals surface area contributed by atoms with Crippen LogP contribution in [0.1, 0.15) is 46.0 Å². The van der Waals surface area contributed by atoms with Gasteiger partial charge in [0.05, 0.1) is 5.92 Å². The maximum atomic E-state index is 12.0. The Morgan fingerprint density at radius 3 is 2.11 bits per heavy atom. The molecule has 5 nitrogen and oxygen atoms in total. The van der Waals surface area contributed by atoms with Crippen LogP contribution in [0, 0.1) is 11.8 Å². The number of hydrogen-bond acceptors (Lipinski definition) is 2. The molecule has 5 heteroatoms. The number of rotatable bonds is 4. The topological polar surface area (TPSA) is 69.6 Å². The zero-order valence-electron chi connectivity index (χ0n) is 12.0. The number of hydrogen-bond donors (Lipinski definition) is 2. The van der Waals surface area contributed by atoms with Gasteiger partial charge in [0.15, 0.2) is 0 Å². The van der Waals surface area contributed by atoms with E-state index in [1.807, 2.05) is 18.7 Å². The molecule has 1 aliphatic heterocycles. The molecule has 0 aromatic heterocycles. The lowest BCUT2D eigenvalue weighted by Crippen LogP contribution is -2.44. The van der Waals surface area contributed by atoms with Crippen molar-refractivity contribution in [3.8, 4) is 0 Å². The van der Waals surface area contributed by atoms with Gasteiger partial charge in [-0.2, -0.15) is 0 Å². The number of nitrogens with one attached hydrogen (secondary N) is 1. The van der Waals surface area contributed by atoms with E-state index in [9.17, 15) is 9.59 Å². The summed E-state index contributed by atoms with van der Waals surface area (Å²) in [5.41, 5.74) is 0. The van der Waals surface area contributed by atoms with Crippen molar-refractivity contribution in [1.82, 2.24) is 10.2 Å². The maximum Gasteiger partial charge on any atom is 0.317 e. The Labute approximate surface area is 115 Å². The van der Waals surface area contributed by atoms with Gasteiger partial charge in [-0.05, 0) is 18.8 Å². The number of aliphatic carboxylic acids is 1. The highest BCUT2D eigenvalue weighted by Crippen LogP contribution is 2.12. The van der Waals surface area contributed by atoms with Gasteiger partial charge in [-0.25, -0.2) is 4.79 Å². The second-order valence-corrected chi connectivity index (χ2v) is 5.63. The van der Waals surface area contributed by atoms with E-state index in [4.69, 9.17) is 5.11 Å². The molecule has 0 bridgehead atoms. The maximum absolute atomic E-state index is 12.0. The fourth-order valence-corrected chi connectivity index (χ4v) is 2.37. The summed E-state index contributed by atoms with van der Waals surface area (Å²) < 4.78 is 0. The molecule has 1 fully saturated rings. The molecule has 0 saturated carbocycles. The van der Waals surface area contributed by atoms with Crippen LogP contribution in [0.5, 0.6) is 0 Å². The van der Waals surface area contributed by atoms with E-state index >= 15 is 0 Å². The average molecular weight is 270 g/mol. The van der Waals surface area contributed by atoms with Gasteiger partial charge in [0.2, 0.25) is 0 Å². The molecule has 0 spiro atoms. The molecular formula is C14H26N2O3. The monoisotopic (exact) mass is 270 g/mol. The normalized spacial score (nSPS) is 18.6. The van der Waals surface area contributed by atoms with Gasteiger partial charge in [0.1, 0.15) is 0 Å². The molecule has 1 saturated heterocycles. The van der Waals surface area contributed by atoms with Crippen molar-refractivity contribution in [1.29, 1.82) is 0 Å². The third-order valence-electron chi connectivity index (χ3n) is 3.74. The molecule has 2 N–H and O–H groups in total. The minimum Gasteiger partial charge on any atom is -0.481 e. The molecule has 110 valence electrons. The van der Waals surface area contributed by atoms with Crippen molar-refractivity contribution in [2.24, 2.45) is 11.8 Å². The lowest BCUT2D eigenvalue weighted by Gasteiger charge is -2.26. The molecule has 1 heterocycles. The molecule has 1 atom stereocenters. The Hall–Kier alpha value is -1.26. The van der Waals surface area contributed by atoms with Crippen LogP contribution in [0.15, 0.2) is 0 Å². The van der Waals surface area contributed by atoms with Crippen molar-refractivity contribution in [2.45, 2.75) is 46.0 Å². The third-order valence-corrected chi connectivity index (χ3v) is 3.74. The molecule has 1 rings (SSSR count). The number of amides is 2. The summed E-state index contributed by atoms with van der Waals surface area (Å²) in [6.45, 7) is 5.50. The summed E-state index contributed by atoms with van der Waals surface area (Å²) in [6, 6.07) is -0.117. The van der Waals surface area contributed by atoms with Crippen LogP contribution in [0.25, 0.3) is 0 Å². The predicted octanol–water partition coefficient (Wildman–Crippen LogP) is 2.32. The van der Waals surface area contributed by atoms with Crippen LogP contribution in [0.2, 0.25) is 0 Å². The fourth-order valence-electron chi connectivity index (χ4n) is 2.37. The van der Waals surface area contributed by atoms with Gasteiger partial charge >= 0.3 is 12.0 Å². The largest absolute Gasteiger partial charge is 0.481 e. The highest BCUT2D eigenvalue weighted by Gasteiger charge is 2.23. The summed E-state index contributed by atoms with van der Waals surface area (Å²) in [4.78, 5) is 24.9. The van der Waals surface area contributed by atoms with Crippen LogP contribution < -0.4 is 5.32 Å². The molecule has 0 aromatic carbocycles. The molecule has 19 heavy (non-hydrogen) atoms. The number of carboxylic acid groups (broad SMARTS) is 1. The number of carbonyl (C=O) groups excluding carboxylic acids is 1. The summed E-state index contributed by atoms with van der Waals surface area (Å²) in [7, 11) is 0. The third kappa shape index (κ3) is 5.49. The number of nitrogens with zero attached hydrogens (tertiary/aromatic N) is 1.